The third-order valence-corrected chi connectivity index (χ3v) is 3.97. The molecule has 0 aliphatic carbocycles. The van der Waals surface area contributed by atoms with Crippen LogP contribution in [0.1, 0.15) is 15.9 Å². The van der Waals surface area contributed by atoms with Crippen LogP contribution in [0, 0.1) is 12.7 Å². The van der Waals surface area contributed by atoms with Crippen molar-refractivity contribution in [3.63, 3.8) is 0 Å². The number of nitrogens with zero attached hydrogens (tertiary/aromatic N) is 3. The van der Waals surface area contributed by atoms with Crippen molar-refractivity contribution in [1.82, 2.24) is 20.5 Å². The molecule has 0 bridgehead atoms. The van der Waals surface area contributed by atoms with Gasteiger partial charge in [0.2, 0.25) is 0 Å². The fourth-order valence-corrected chi connectivity index (χ4v) is 2.51. The summed E-state index contributed by atoms with van der Waals surface area (Å²) < 4.78 is 18.5. The monoisotopic (exact) mass is 396 g/mol. The first-order chi connectivity index (χ1) is 14.0. The van der Waals surface area contributed by atoms with E-state index in [-0.39, 0.29) is 17.2 Å². The molecule has 3 N–H and O–H groups in total. The highest BCUT2D eigenvalue weighted by Crippen LogP contribution is 2.17. The fourth-order valence-electron chi connectivity index (χ4n) is 2.51. The second-order valence-corrected chi connectivity index (χ2v) is 6.18. The van der Waals surface area contributed by atoms with E-state index < -0.39 is 5.82 Å². The number of anilines is 3. The molecular weight excluding hydrogens is 375 g/mol. The number of hydrogen-bond acceptors (Lipinski definition) is 7. The maximum Gasteiger partial charge on any atom is 0.251 e. The number of carbonyl (C=O) groups excluding carboxylic acids is 1. The topological polar surface area (TPSA) is 101 Å². The first-order valence-corrected chi connectivity index (χ1v) is 8.94. The fraction of sp³-hybridized carbons (Fsp3) is 0.200. The summed E-state index contributed by atoms with van der Waals surface area (Å²) >= 11 is 0. The Labute approximate surface area is 167 Å². The van der Waals surface area contributed by atoms with Crippen LogP contribution in [-0.4, -0.2) is 41.3 Å². The molecule has 0 saturated carbocycles. The van der Waals surface area contributed by atoms with Gasteiger partial charge < -0.3 is 20.7 Å². The summed E-state index contributed by atoms with van der Waals surface area (Å²) in [6.07, 6.45) is 1.72. The molecule has 150 valence electrons. The molecule has 0 aliphatic heterocycles. The van der Waals surface area contributed by atoms with E-state index in [1.165, 1.54) is 19.2 Å². The summed E-state index contributed by atoms with van der Waals surface area (Å²) in [6.45, 7) is 2.75. The molecule has 0 fully saturated rings. The average Bonchev–Trinajstić information content (AvgIpc) is 2.72. The van der Waals surface area contributed by atoms with Crippen LogP contribution in [-0.2, 0) is 0 Å². The standard InChI is InChI=1S/C20H21FN6O2/c1-13-7-8-22-19(11-13)25-18-6-5-17(26-27-18)23-9-10-24-20(28)14-3-4-16(29-2)15(21)12-14/h3-8,11-12H,9-10H2,1-2H3,(H,23,26)(H,24,28)(H,22,25,27). The SMILES string of the molecule is COc1ccc(C(=O)NCCNc2ccc(Nc3cc(C)ccn3)nn2)cc1F. The van der Waals surface area contributed by atoms with Gasteiger partial charge in [-0.2, -0.15) is 0 Å². The predicted molar refractivity (Wildman–Crippen MR) is 108 cm³/mol. The Morgan fingerprint density at radius 1 is 1.03 bits per heavy atom. The van der Waals surface area contributed by atoms with Gasteiger partial charge in [-0.3, -0.25) is 4.79 Å². The van der Waals surface area contributed by atoms with Crippen LogP contribution in [0.3, 0.4) is 0 Å². The van der Waals surface area contributed by atoms with Crippen molar-refractivity contribution < 1.29 is 13.9 Å². The van der Waals surface area contributed by atoms with Gasteiger partial charge in [0.05, 0.1) is 7.11 Å². The minimum Gasteiger partial charge on any atom is -0.494 e. The van der Waals surface area contributed by atoms with Gasteiger partial charge in [-0.25, -0.2) is 9.37 Å². The number of pyridine rings is 1. The molecule has 0 saturated heterocycles. The van der Waals surface area contributed by atoms with Gasteiger partial charge in [-0.15, -0.1) is 10.2 Å². The maximum absolute atomic E-state index is 13.7. The van der Waals surface area contributed by atoms with Gasteiger partial charge in [0.15, 0.2) is 17.4 Å². The molecule has 8 nitrogen and oxygen atoms in total. The van der Waals surface area contributed by atoms with E-state index in [0.29, 0.717) is 30.5 Å². The van der Waals surface area contributed by atoms with E-state index in [1.54, 1.807) is 18.3 Å². The zero-order valence-electron chi connectivity index (χ0n) is 16.1. The molecule has 9 heteroatoms. The van der Waals surface area contributed by atoms with Gasteiger partial charge in [0.25, 0.3) is 5.91 Å². The van der Waals surface area contributed by atoms with Crippen molar-refractivity contribution >= 4 is 23.4 Å². The summed E-state index contributed by atoms with van der Waals surface area (Å²) in [5, 5.41) is 17.0. The molecule has 0 atom stereocenters. The molecule has 1 amide bonds. The number of hydrogen-bond donors (Lipinski definition) is 3. The van der Waals surface area contributed by atoms with E-state index >= 15 is 0 Å². The largest absolute Gasteiger partial charge is 0.494 e. The number of benzene rings is 1. The Morgan fingerprint density at radius 3 is 2.52 bits per heavy atom. The van der Waals surface area contributed by atoms with E-state index in [1.807, 2.05) is 19.1 Å². The van der Waals surface area contributed by atoms with Gasteiger partial charge in [-0.1, -0.05) is 0 Å². The lowest BCUT2D eigenvalue weighted by molar-refractivity contribution is 0.0954. The second kappa shape index (κ2) is 9.45. The highest BCUT2D eigenvalue weighted by Gasteiger charge is 2.09. The van der Waals surface area contributed by atoms with Gasteiger partial charge in [0, 0.05) is 24.8 Å². The Kier molecular flexibility index (Phi) is 6.51. The van der Waals surface area contributed by atoms with Crippen LogP contribution in [0.5, 0.6) is 5.75 Å². The number of aromatic nitrogens is 3. The molecular formula is C20H21FN6O2. The number of halogens is 1. The number of amides is 1. The molecule has 29 heavy (non-hydrogen) atoms. The van der Waals surface area contributed by atoms with Gasteiger partial charge in [-0.05, 0) is 55.0 Å². The van der Waals surface area contributed by atoms with Crippen molar-refractivity contribution in [3.8, 4) is 5.75 Å². The Bertz CT molecular complexity index is 981. The average molecular weight is 396 g/mol. The highest BCUT2D eigenvalue weighted by molar-refractivity contribution is 5.94. The van der Waals surface area contributed by atoms with Crippen molar-refractivity contribution in [2.24, 2.45) is 0 Å². The number of rotatable bonds is 8. The van der Waals surface area contributed by atoms with Crippen LogP contribution < -0.4 is 20.7 Å². The van der Waals surface area contributed by atoms with Crippen molar-refractivity contribution in [2.45, 2.75) is 6.92 Å². The van der Waals surface area contributed by atoms with Crippen LogP contribution in [0.15, 0.2) is 48.7 Å². The van der Waals surface area contributed by atoms with Crippen LogP contribution in [0.2, 0.25) is 0 Å². The van der Waals surface area contributed by atoms with Crippen molar-refractivity contribution in [2.75, 3.05) is 30.8 Å². The zero-order valence-corrected chi connectivity index (χ0v) is 16.1. The van der Waals surface area contributed by atoms with Crippen LogP contribution in [0.25, 0.3) is 0 Å². The molecule has 1 aromatic carbocycles. The lowest BCUT2D eigenvalue weighted by Crippen LogP contribution is -2.29. The zero-order chi connectivity index (χ0) is 20.6. The number of carbonyl (C=O) groups is 1. The molecule has 2 heterocycles. The normalized spacial score (nSPS) is 10.3. The molecule has 3 rings (SSSR count). The Hall–Kier alpha value is -3.75. The molecule has 0 unspecified atom stereocenters. The van der Waals surface area contributed by atoms with E-state index in [9.17, 15) is 9.18 Å². The third kappa shape index (κ3) is 5.61. The van der Waals surface area contributed by atoms with Crippen LogP contribution in [0.4, 0.5) is 21.8 Å². The molecule has 2 aromatic heterocycles. The quantitative estimate of drug-likeness (QED) is 0.503. The molecule has 0 radical (unpaired) electrons. The summed E-state index contributed by atoms with van der Waals surface area (Å²) in [7, 11) is 1.37. The highest BCUT2D eigenvalue weighted by atomic mass is 19.1. The summed E-state index contributed by atoms with van der Waals surface area (Å²) in [5.41, 5.74) is 1.32. The number of methoxy groups -OCH3 is 1. The van der Waals surface area contributed by atoms with Crippen molar-refractivity contribution in [1.29, 1.82) is 0 Å². The summed E-state index contributed by atoms with van der Waals surface area (Å²) in [5.74, 6) is 0.976. The molecule has 0 aliphatic rings. The third-order valence-electron chi connectivity index (χ3n) is 3.97. The summed E-state index contributed by atoms with van der Waals surface area (Å²) in [4.78, 5) is 16.3. The van der Waals surface area contributed by atoms with Crippen molar-refractivity contribution in [3.05, 3.63) is 65.6 Å². The second-order valence-electron chi connectivity index (χ2n) is 6.18. The van der Waals surface area contributed by atoms with E-state index in [4.69, 9.17) is 4.74 Å². The Balaban J connectivity index is 1.44. The smallest absolute Gasteiger partial charge is 0.251 e. The van der Waals surface area contributed by atoms with E-state index in [2.05, 4.69) is 31.1 Å². The minimum atomic E-state index is -0.580. The number of nitrogens with one attached hydrogen (secondary N) is 3. The molecule has 3 aromatic rings. The first-order valence-electron chi connectivity index (χ1n) is 8.94. The maximum atomic E-state index is 13.7. The van der Waals surface area contributed by atoms with Crippen LogP contribution >= 0.6 is 0 Å². The van der Waals surface area contributed by atoms with Gasteiger partial charge in [0.1, 0.15) is 11.6 Å². The lowest BCUT2D eigenvalue weighted by Gasteiger charge is -2.09. The number of aryl methyl sites for hydroxylation is 1. The summed E-state index contributed by atoms with van der Waals surface area (Å²) in [6, 6.07) is 11.4. The lowest BCUT2D eigenvalue weighted by atomic mass is 10.2. The Morgan fingerprint density at radius 2 is 1.83 bits per heavy atom. The van der Waals surface area contributed by atoms with Gasteiger partial charge >= 0.3 is 0 Å². The number of ether oxygens (including phenoxy) is 1. The molecule has 0 spiro atoms. The minimum absolute atomic E-state index is 0.0953. The van der Waals surface area contributed by atoms with E-state index in [0.717, 1.165) is 11.6 Å². The predicted octanol–water partition coefficient (Wildman–Crippen LogP) is 2.91. The first kappa shape index (κ1) is 20.0.